The van der Waals surface area contributed by atoms with Gasteiger partial charge in [-0.2, -0.15) is 0 Å². The van der Waals surface area contributed by atoms with Gasteiger partial charge in [-0.1, -0.05) is 13.8 Å². The molecule has 0 aromatic heterocycles. The van der Waals surface area contributed by atoms with Crippen molar-refractivity contribution in [2.45, 2.75) is 64.6 Å². The lowest BCUT2D eigenvalue weighted by Gasteiger charge is -2.52. The number of hydrogen-bond acceptors (Lipinski definition) is 3. The predicted molar refractivity (Wildman–Crippen MR) is 78.0 cm³/mol. The summed E-state index contributed by atoms with van der Waals surface area (Å²) in [4.78, 5) is 12.6. The minimum Gasteiger partial charge on any atom is -0.378 e. The zero-order valence-corrected chi connectivity index (χ0v) is 12.9. The topological polar surface area (TPSA) is 64.3 Å². The average Bonchev–Trinajstić information content (AvgIpc) is 2.98. The number of nitrogens with two attached hydrogens (primary N) is 1. The number of amides is 1. The molecular weight excluding hydrogens is 252 g/mol. The second kappa shape index (κ2) is 4.99. The van der Waals surface area contributed by atoms with Crippen LogP contribution in [0.2, 0.25) is 0 Å². The Bertz CT molecular complexity index is 394. The molecule has 0 heterocycles. The van der Waals surface area contributed by atoms with E-state index < -0.39 is 0 Å². The summed E-state index contributed by atoms with van der Waals surface area (Å²) in [5.41, 5.74) is 6.29. The zero-order valence-electron chi connectivity index (χ0n) is 12.9. The van der Waals surface area contributed by atoms with E-state index in [4.69, 9.17) is 10.5 Å². The maximum atomic E-state index is 12.6. The maximum absolute atomic E-state index is 12.6. The largest absolute Gasteiger partial charge is 0.378 e. The van der Waals surface area contributed by atoms with Crippen molar-refractivity contribution in [3.05, 3.63) is 0 Å². The molecule has 1 amide bonds. The van der Waals surface area contributed by atoms with Crippen molar-refractivity contribution in [3.8, 4) is 0 Å². The summed E-state index contributed by atoms with van der Waals surface area (Å²) in [6.07, 6.45) is 4.77. The SMILES string of the molecule is CCOC1CC(NC(=O)C2C3CCC(C3)C2N)C1(C)C. The van der Waals surface area contributed by atoms with Gasteiger partial charge < -0.3 is 15.8 Å². The molecule has 3 aliphatic rings. The quantitative estimate of drug-likeness (QED) is 0.823. The van der Waals surface area contributed by atoms with Gasteiger partial charge in [-0.15, -0.1) is 0 Å². The Labute approximate surface area is 121 Å². The van der Waals surface area contributed by atoms with Gasteiger partial charge in [0.15, 0.2) is 0 Å². The lowest BCUT2D eigenvalue weighted by molar-refractivity contribution is -0.141. The fourth-order valence-electron chi connectivity index (χ4n) is 4.61. The molecule has 3 aliphatic carbocycles. The molecule has 4 heteroatoms. The van der Waals surface area contributed by atoms with Crippen LogP contribution in [0.5, 0.6) is 0 Å². The second-order valence-corrected chi connectivity index (χ2v) is 7.50. The first-order valence-corrected chi connectivity index (χ1v) is 8.12. The van der Waals surface area contributed by atoms with E-state index in [0.717, 1.165) is 19.4 Å². The molecule has 0 aromatic carbocycles. The molecule has 2 bridgehead atoms. The third-order valence-corrected chi connectivity index (χ3v) is 6.15. The molecule has 0 aliphatic heterocycles. The van der Waals surface area contributed by atoms with Crippen LogP contribution in [-0.2, 0) is 9.53 Å². The van der Waals surface area contributed by atoms with E-state index in [1.54, 1.807) is 0 Å². The van der Waals surface area contributed by atoms with Gasteiger partial charge in [0, 0.05) is 24.1 Å². The van der Waals surface area contributed by atoms with E-state index in [2.05, 4.69) is 19.2 Å². The molecule has 3 N–H and O–H groups in total. The van der Waals surface area contributed by atoms with Crippen molar-refractivity contribution in [2.24, 2.45) is 28.9 Å². The lowest BCUT2D eigenvalue weighted by Crippen LogP contribution is -2.63. The van der Waals surface area contributed by atoms with E-state index in [-0.39, 0.29) is 35.4 Å². The molecule has 0 saturated heterocycles. The average molecular weight is 280 g/mol. The van der Waals surface area contributed by atoms with Gasteiger partial charge in [0.05, 0.1) is 12.0 Å². The normalized spacial score (nSPS) is 45.2. The van der Waals surface area contributed by atoms with E-state index in [1.807, 2.05) is 6.92 Å². The van der Waals surface area contributed by atoms with Gasteiger partial charge in [-0.3, -0.25) is 4.79 Å². The number of nitrogens with one attached hydrogen (secondary N) is 1. The molecule has 0 aromatic rings. The van der Waals surface area contributed by atoms with Gasteiger partial charge in [0.2, 0.25) is 5.91 Å². The molecule has 4 nitrogen and oxygen atoms in total. The summed E-state index contributed by atoms with van der Waals surface area (Å²) < 4.78 is 5.72. The minimum atomic E-state index is 0.0351. The Hall–Kier alpha value is -0.610. The summed E-state index contributed by atoms with van der Waals surface area (Å²) in [6, 6.07) is 0.317. The first kappa shape index (κ1) is 14.3. The molecule has 3 fully saturated rings. The van der Waals surface area contributed by atoms with Crippen LogP contribution in [-0.4, -0.2) is 30.7 Å². The zero-order chi connectivity index (χ0) is 14.5. The maximum Gasteiger partial charge on any atom is 0.225 e. The summed E-state index contributed by atoms with van der Waals surface area (Å²) in [7, 11) is 0. The van der Waals surface area contributed by atoms with Gasteiger partial charge in [0.1, 0.15) is 0 Å². The van der Waals surface area contributed by atoms with Gasteiger partial charge >= 0.3 is 0 Å². The van der Waals surface area contributed by atoms with Crippen molar-refractivity contribution < 1.29 is 9.53 Å². The van der Waals surface area contributed by atoms with Crippen molar-refractivity contribution in [2.75, 3.05) is 6.61 Å². The highest BCUT2D eigenvalue weighted by Crippen LogP contribution is 2.48. The number of hydrogen-bond donors (Lipinski definition) is 2. The Morgan fingerprint density at radius 3 is 2.55 bits per heavy atom. The van der Waals surface area contributed by atoms with Gasteiger partial charge in [-0.05, 0) is 44.4 Å². The third-order valence-electron chi connectivity index (χ3n) is 6.15. The molecular formula is C16H28N2O2. The van der Waals surface area contributed by atoms with Gasteiger partial charge in [-0.25, -0.2) is 0 Å². The highest BCUT2D eigenvalue weighted by Gasteiger charge is 2.53. The summed E-state index contributed by atoms with van der Waals surface area (Å²) >= 11 is 0. The van der Waals surface area contributed by atoms with Crippen LogP contribution in [0.1, 0.15) is 46.5 Å². The Kier molecular flexibility index (Phi) is 3.57. The fourth-order valence-corrected chi connectivity index (χ4v) is 4.61. The summed E-state index contributed by atoms with van der Waals surface area (Å²) in [5.74, 6) is 1.36. The molecule has 6 unspecified atom stereocenters. The van der Waals surface area contributed by atoms with Crippen LogP contribution < -0.4 is 11.1 Å². The number of rotatable bonds is 4. The fraction of sp³-hybridized carbons (Fsp3) is 0.938. The predicted octanol–water partition coefficient (Wildman–Crippen LogP) is 1.68. The Balaban J connectivity index is 1.58. The van der Waals surface area contributed by atoms with Crippen molar-refractivity contribution >= 4 is 5.91 Å². The van der Waals surface area contributed by atoms with Crippen LogP contribution >= 0.6 is 0 Å². The number of ether oxygens (including phenoxy) is 1. The summed E-state index contributed by atoms with van der Waals surface area (Å²) in [6.45, 7) is 7.13. The van der Waals surface area contributed by atoms with Crippen LogP contribution in [0, 0.1) is 23.2 Å². The van der Waals surface area contributed by atoms with Crippen molar-refractivity contribution in [3.63, 3.8) is 0 Å². The minimum absolute atomic E-state index is 0.0351. The third kappa shape index (κ3) is 2.08. The number of carbonyl (C=O) groups is 1. The molecule has 6 atom stereocenters. The standard InChI is InChI=1S/C16H28N2O2/c1-4-20-12-8-11(16(12,2)3)18-15(19)13-9-5-6-10(7-9)14(13)17/h9-14H,4-8,17H2,1-3H3,(H,18,19). The molecule has 20 heavy (non-hydrogen) atoms. The van der Waals surface area contributed by atoms with E-state index in [9.17, 15) is 4.79 Å². The Morgan fingerprint density at radius 2 is 2.00 bits per heavy atom. The monoisotopic (exact) mass is 280 g/mol. The van der Waals surface area contributed by atoms with Gasteiger partial charge in [0.25, 0.3) is 0 Å². The smallest absolute Gasteiger partial charge is 0.225 e. The second-order valence-electron chi connectivity index (χ2n) is 7.50. The molecule has 3 saturated carbocycles. The van der Waals surface area contributed by atoms with Crippen LogP contribution in [0.4, 0.5) is 0 Å². The van der Waals surface area contributed by atoms with E-state index in [1.165, 1.54) is 12.8 Å². The van der Waals surface area contributed by atoms with Crippen LogP contribution in [0.15, 0.2) is 0 Å². The van der Waals surface area contributed by atoms with Crippen LogP contribution in [0.25, 0.3) is 0 Å². The van der Waals surface area contributed by atoms with E-state index in [0.29, 0.717) is 11.8 Å². The Morgan fingerprint density at radius 1 is 1.30 bits per heavy atom. The highest BCUT2D eigenvalue weighted by atomic mass is 16.5. The first-order valence-electron chi connectivity index (χ1n) is 8.12. The lowest BCUT2D eigenvalue weighted by atomic mass is 9.64. The van der Waals surface area contributed by atoms with Crippen molar-refractivity contribution in [1.29, 1.82) is 0 Å². The van der Waals surface area contributed by atoms with Crippen molar-refractivity contribution in [1.82, 2.24) is 5.32 Å². The number of fused-ring (bicyclic) bond motifs is 2. The molecule has 0 spiro atoms. The summed E-state index contributed by atoms with van der Waals surface area (Å²) in [5, 5.41) is 3.25. The highest BCUT2D eigenvalue weighted by molar-refractivity contribution is 5.81. The number of carbonyl (C=O) groups excluding carboxylic acids is 1. The molecule has 0 radical (unpaired) electrons. The molecule has 114 valence electrons. The van der Waals surface area contributed by atoms with E-state index >= 15 is 0 Å². The van der Waals surface area contributed by atoms with Crippen LogP contribution in [0.3, 0.4) is 0 Å². The molecule has 3 rings (SSSR count). The first-order chi connectivity index (χ1) is 9.45.